The quantitative estimate of drug-likeness (QED) is 0.408. The number of nitrogens with zero attached hydrogens (tertiary/aromatic N) is 4. The third kappa shape index (κ3) is 6.68. The van der Waals surface area contributed by atoms with E-state index in [0.717, 1.165) is 28.2 Å². The first-order valence-electron chi connectivity index (χ1n) is 6.68. The monoisotopic (exact) mass is 390 g/mol. The van der Waals surface area contributed by atoms with Gasteiger partial charge in [0.05, 0.1) is 29.5 Å². The zero-order chi connectivity index (χ0) is 17.2. The van der Waals surface area contributed by atoms with Gasteiger partial charge in [-0.05, 0) is 31.9 Å². The number of allylic oxidation sites excluding steroid dienone is 2. The van der Waals surface area contributed by atoms with Crippen molar-refractivity contribution >= 4 is 44.0 Å². The van der Waals surface area contributed by atoms with Crippen LogP contribution in [0.5, 0.6) is 0 Å². The van der Waals surface area contributed by atoms with Gasteiger partial charge in [-0.1, -0.05) is 23.8 Å². The Morgan fingerprint density at radius 1 is 1.22 bits per heavy atom. The van der Waals surface area contributed by atoms with E-state index in [2.05, 4.69) is 47.9 Å². The molecule has 0 saturated carbocycles. The van der Waals surface area contributed by atoms with Crippen molar-refractivity contribution in [3.63, 3.8) is 0 Å². The third-order valence-corrected chi connectivity index (χ3v) is 3.03. The molecule has 0 saturated heterocycles. The number of hydrogen-bond acceptors (Lipinski definition) is 4. The van der Waals surface area contributed by atoms with E-state index in [9.17, 15) is 0 Å². The van der Waals surface area contributed by atoms with Gasteiger partial charge in [-0.2, -0.15) is 10.3 Å². The summed E-state index contributed by atoms with van der Waals surface area (Å²) in [4.78, 5) is 12.4. The zero-order valence-electron chi connectivity index (χ0n) is 13.0. The Kier molecular flexibility index (Phi) is 8.83. The molecule has 0 spiro atoms. The van der Waals surface area contributed by atoms with E-state index in [1.54, 1.807) is 12.4 Å². The van der Waals surface area contributed by atoms with Crippen molar-refractivity contribution in [2.75, 3.05) is 0 Å². The summed E-state index contributed by atoms with van der Waals surface area (Å²) < 4.78 is 0. The summed E-state index contributed by atoms with van der Waals surface area (Å²) in [7, 11) is 9.53. The molecule has 0 N–H and O–H groups in total. The molecule has 4 nitrogen and oxygen atoms in total. The molecule has 122 valence electrons. The summed E-state index contributed by atoms with van der Waals surface area (Å²) >= 11 is 0.194. The molecule has 23 heavy (non-hydrogen) atoms. The molecule has 0 unspecified atom stereocenters. The molecule has 1 aliphatic heterocycles. The number of halogens is 2. The SMILES string of the molecule is Cc1cc(C)c(N=CC2=CCC(C=NC#N)=N2)c(C)c1.[Cl][Fe][Cl]. The standard InChI is InChI=1S/C16H16N4.2ClH.Fe/c1-11-6-12(2)16(13(3)7-11)19-9-15-5-4-14(20-15)8-18-10-17;;;/h5-9H,4H2,1-3H3;2*1H;/q;;;+2/p-2. The molecule has 1 heterocycles. The second-order valence-electron chi connectivity index (χ2n) is 4.85. The molecule has 0 atom stereocenters. The van der Waals surface area contributed by atoms with Gasteiger partial charge < -0.3 is 0 Å². The Labute approximate surface area is 151 Å². The second kappa shape index (κ2) is 10.4. The number of hydrogen-bond donors (Lipinski definition) is 0. The van der Waals surface area contributed by atoms with E-state index < -0.39 is 0 Å². The third-order valence-electron chi connectivity index (χ3n) is 3.03. The van der Waals surface area contributed by atoms with Crippen molar-refractivity contribution in [1.82, 2.24) is 0 Å². The first kappa shape index (κ1) is 19.6. The van der Waals surface area contributed by atoms with Crippen LogP contribution < -0.4 is 0 Å². The maximum absolute atomic E-state index is 8.38. The molecule has 1 aromatic carbocycles. The molecule has 0 aromatic heterocycles. The number of rotatable bonds is 3. The topological polar surface area (TPSA) is 60.9 Å². The fourth-order valence-electron chi connectivity index (χ4n) is 2.24. The van der Waals surface area contributed by atoms with Gasteiger partial charge in [-0.25, -0.2) is 0 Å². The molecule has 0 amide bonds. The predicted molar refractivity (Wildman–Crippen MR) is 94.8 cm³/mol. The van der Waals surface area contributed by atoms with Crippen LogP contribution in [-0.4, -0.2) is 18.1 Å². The summed E-state index contributed by atoms with van der Waals surface area (Å²) in [5.41, 5.74) is 6.15. The van der Waals surface area contributed by atoms with E-state index in [-0.39, 0.29) is 13.1 Å². The Bertz CT molecular complexity index is 692. The first-order valence-corrected chi connectivity index (χ1v) is 9.72. The molecule has 0 bridgehead atoms. The van der Waals surface area contributed by atoms with Crippen molar-refractivity contribution in [1.29, 1.82) is 5.26 Å². The normalized spacial score (nSPS) is 13.7. The summed E-state index contributed by atoms with van der Waals surface area (Å²) in [6, 6.07) is 4.24. The Balaban J connectivity index is 0.000000816. The number of aryl methyl sites for hydroxylation is 3. The van der Waals surface area contributed by atoms with E-state index >= 15 is 0 Å². The average molecular weight is 391 g/mol. The van der Waals surface area contributed by atoms with Crippen LogP contribution in [0.4, 0.5) is 5.69 Å². The van der Waals surface area contributed by atoms with Crippen LogP contribution in [-0.2, 0) is 13.1 Å². The Morgan fingerprint density at radius 2 is 1.83 bits per heavy atom. The number of aliphatic imine (C=N–C) groups is 3. The Hall–Kier alpha value is -1.44. The van der Waals surface area contributed by atoms with Crippen molar-refractivity contribution in [2.24, 2.45) is 15.0 Å². The van der Waals surface area contributed by atoms with Crippen molar-refractivity contribution in [3.8, 4) is 6.19 Å². The second-order valence-corrected chi connectivity index (χ2v) is 6.67. The van der Waals surface area contributed by atoms with Gasteiger partial charge in [0.25, 0.3) is 0 Å². The van der Waals surface area contributed by atoms with Crippen LogP contribution >= 0.6 is 20.2 Å². The molecule has 1 aliphatic rings. The number of nitriles is 1. The van der Waals surface area contributed by atoms with Gasteiger partial charge in [-0.3, -0.25) is 9.98 Å². The minimum atomic E-state index is 0.194. The van der Waals surface area contributed by atoms with Crippen LogP contribution in [0.2, 0.25) is 0 Å². The van der Waals surface area contributed by atoms with Crippen molar-refractivity contribution in [2.45, 2.75) is 27.2 Å². The molecule has 1 aromatic rings. The van der Waals surface area contributed by atoms with Gasteiger partial charge in [0.2, 0.25) is 6.19 Å². The van der Waals surface area contributed by atoms with Gasteiger partial charge in [0.1, 0.15) is 0 Å². The molecule has 2 rings (SSSR count). The molecular formula is C16H16Cl2FeN4. The zero-order valence-corrected chi connectivity index (χ0v) is 15.6. The van der Waals surface area contributed by atoms with Gasteiger partial charge in [0.15, 0.2) is 0 Å². The van der Waals surface area contributed by atoms with Crippen LogP contribution in [0.1, 0.15) is 23.1 Å². The van der Waals surface area contributed by atoms with E-state index in [0.29, 0.717) is 6.42 Å². The molecule has 0 radical (unpaired) electrons. The van der Waals surface area contributed by atoms with Crippen molar-refractivity contribution in [3.05, 3.63) is 40.6 Å². The average Bonchev–Trinajstić information content (AvgIpc) is 2.92. The van der Waals surface area contributed by atoms with Crippen LogP contribution in [0, 0.1) is 32.2 Å². The van der Waals surface area contributed by atoms with Gasteiger partial charge in [0, 0.05) is 6.42 Å². The van der Waals surface area contributed by atoms with Crippen molar-refractivity contribution < 1.29 is 13.1 Å². The fraction of sp³-hybridized carbons (Fsp3) is 0.250. The summed E-state index contributed by atoms with van der Waals surface area (Å²) in [5.74, 6) is 0. The molecule has 7 heteroatoms. The van der Waals surface area contributed by atoms with E-state index in [4.69, 9.17) is 25.5 Å². The summed E-state index contributed by atoms with van der Waals surface area (Å²) in [6.07, 6.45) is 7.63. The summed E-state index contributed by atoms with van der Waals surface area (Å²) in [5, 5.41) is 8.38. The van der Waals surface area contributed by atoms with Crippen LogP contribution in [0.15, 0.2) is 38.9 Å². The van der Waals surface area contributed by atoms with E-state index in [1.807, 2.05) is 6.08 Å². The molecule has 0 fully saturated rings. The first-order chi connectivity index (χ1) is 11.0. The number of benzene rings is 1. The Morgan fingerprint density at radius 3 is 2.39 bits per heavy atom. The van der Waals surface area contributed by atoms with Crippen LogP contribution in [0.25, 0.3) is 0 Å². The van der Waals surface area contributed by atoms with Crippen LogP contribution in [0.3, 0.4) is 0 Å². The minimum absolute atomic E-state index is 0.194. The van der Waals surface area contributed by atoms with Gasteiger partial charge >= 0.3 is 33.3 Å². The molecule has 0 aliphatic carbocycles. The predicted octanol–water partition coefficient (Wildman–Crippen LogP) is 4.97. The fourth-order valence-corrected chi connectivity index (χ4v) is 2.24. The van der Waals surface area contributed by atoms with E-state index in [1.165, 1.54) is 11.8 Å². The van der Waals surface area contributed by atoms with Gasteiger partial charge in [-0.15, -0.1) is 0 Å². The maximum atomic E-state index is 8.38. The molecular weight excluding hydrogens is 375 g/mol. The summed E-state index contributed by atoms with van der Waals surface area (Å²) in [6.45, 7) is 6.20.